The first-order valence-electron chi connectivity index (χ1n) is 9.09. The Morgan fingerprint density at radius 2 is 1.80 bits per heavy atom. The van der Waals surface area contributed by atoms with Gasteiger partial charge in [0.25, 0.3) is 0 Å². The molecule has 1 aromatic carbocycles. The van der Waals surface area contributed by atoms with Crippen LogP contribution in [0.25, 0.3) is 5.57 Å². The number of hydrogen-bond donors (Lipinski definition) is 1. The summed E-state index contributed by atoms with van der Waals surface area (Å²) in [6.45, 7) is 7.60. The molecule has 0 saturated carbocycles. The maximum atomic E-state index is 13.0. The Morgan fingerprint density at radius 1 is 1.20 bits per heavy atom. The minimum atomic E-state index is -0.409. The zero-order valence-corrected chi connectivity index (χ0v) is 15.6. The first kappa shape index (κ1) is 19.4. The van der Waals surface area contributed by atoms with Crippen LogP contribution in [0.4, 0.5) is 0 Å². The van der Waals surface area contributed by atoms with E-state index in [1.54, 1.807) is 0 Å². The van der Waals surface area contributed by atoms with Crippen molar-refractivity contribution in [2.24, 2.45) is 5.92 Å². The highest BCUT2D eigenvalue weighted by atomic mass is 16.5. The second kappa shape index (κ2) is 8.43. The molecule has 0 saturated heterocycles. The van der Waals surface area contributed by atoms with Gasteiger partial charge in [-0.15, -0.1) is 0 Å². The van der Waals surface area contributed by atoms with Gasteiger partial charge < -0.3 is 9.84 Å². The van der Waals surface area contributed by atoms with E-state index in [9.17, 15) is 14.7 Å². The van der Waals surface area contributed by atoms with Gasteiger partial charge in [0.05, 0.1) is 5.57 Å². The van der Waals surface area contributed by atoms with E-state index in [1.165, 1.54) is 12.5 Å². The zero-order valence-electron chi connectivity index (χ0n) is 15.6. The lowest BCUT2D eigenvalue weighted by atomic mass is 9.79. The largest absolute Gasteiger partial charge is 0.430 e. The topological polar surface area (TPSA) is 63.6 Å². The number of ketones is 1. The Bertz CT molecular complexity index is 675. The standard InChI is InChI=1S/C21H28O4/c1-5-16-9-13(3)10-17(6-2)20(16)21-18(24)11-15(7-8-22)12-19(21)25-14(4)23/h9-10,15,22H,5-8,11-12H2,1-4H3. The van der Waals surface area contributed by atoms with Crippen LogP contribution in [0.1, 0.15) is 62.3 Å². The van der Waals surface area contributed by atoms with Crippen molar-refractivity contribution >= 4 is 17.3 Å². The molecule has 1 aromatic rings. The number of carbonyl (C=O) groups is 2. The third-order valence-corrected chi connectivity index (χ3v) is 4.77. The number of benzene rings is 1. The fourth-order valence-corrected chi connectivity index (χ4v) is 3.71. The first-order chi connectivity index (χ1) is 11.9. The maximum Gasteiger partial charge on any atom is 0.307 e. The number of Topliss-reactive ketones (excluding diaryl/α,β-unsaturated/α-hetero) is 1. The van der Waals surface area contributed by atoms with E-state index in [-0.39, 0.29) is 18.3 Å². The Kier molecular flexibility index (Phi) is 6.54. The quantitative estimate of drug-likeness (QED) is 0.798. The van der Waals surface area contributed by atoms with E-state index in [2.05, 4.69) is 32.9 Å². The lowest BCUT2D eigenvalue weighted by molar-refractivity contribution is -0.137. The first-order valence-corrected chi connectivity index (χ1v) is 9.09. The monoisotopic (exact) mass is 344 g/mol. The molecule has 0 fully saturated rings. The summed E-state index contributed by atoms with van der Waals surface area (Å²) in [4.78, 5) is 24.6. The van der Waals surface area contributed by atoms with Crippen molar-refractivity contribution in [2.45, 2.75) is 59.8 Å². The van der Waals surface area contributed by atoms with Gasteiger partial charge in [0, 0.05) is 26.4 Å². The van der Waals surface area contributed by atoms with Crippen LogP contribution in [0, 0.1) is 12.8 Å². The summed E-state index contributed by atoms with van der Waals surface area (Å²) < 4.78 is 5.47. The van der Waals surface area contributed by atoms with Crippen molar-refractivity contribution in [1.29, 1.82) is 0 Å². The number of carbonyl (C=O) groups excluding carboxylic acids is 2. The summed E-state index contributed by atoms with van der Waals surface area (Å²) in [5.74, 6) is 0.0917. The normalized spacial score (nSPS) is 17.8. The molecule has 25 heavy (non-hydrogen) atoms. The number of aliphatic hydroxyl groups excluding tert-OH is 1. The van der Waals surface area contributed by atoms with E-state index in [1.807, 2.05) is 0 Å². The van der Waals surface area contributed by atoms with Gasteiger partial charge in [-0.2, -0.15) is 0 Å². The van der Waals surface area contributed by atoms with Crippen LogP contribution in [0.3, 0.4) is 0 Å². The molecule has 1 N–H and O–H groups in total. The van der Waals surface area contributed by atoms with E-state index in [0.29, 0.717) is 30.6 Å². The van der Waals surface area contributed by atoms with Crippen LogP contribution < -0.4 is 0 Å². The molecule has 136 valence electrons. The van der Waals surface area contributed by atoms with Gasteiger partial charge in [-0.3, -0.25) is 9.59 Å². The van der Waals surface area contributed by atoms with Crippen LogP contribution in [0.2, 0.25) is 0 Å². The molecule has 0 bridgehead atoms. The lowest BCUT2D eigenvalue weighted by Crippen LogP contribution is -2.23. The number of esters is 1. The van der Waals surface area contributed by atoms with Crippen LogP contribution in [-0.4, -0.2) is 23.5 Å². The van der Waals surface area contributed by atoms with Crippen LogP contribution in [0.5, 0.6) is 0 Å². The molecule has 1 atom stereocenters. The van der Waals surface area contributed by atoms with E-state index >= 15 is 0 Å². The van der Waals surface area contributed by atoms with Crippen LogP contribution in [-0.2, 0) is 27.2 Å². The fraction of sp³-hybridized carbons (Fsp3) is 0.524. The Morgan fingerprint density at radius 3 is 2.28 bits per heavy atom. The van der Waals surface area contributed by atoms with E-state index in [4.69, 9.17) is 4.74 Å². The van der Waals surface area contributed by atoms with Gasteiger partial charge in [-0.25, -0.2) is 0 Å². The van der Waals surface area contributed by atoms with Crippen molar-refractivity contribution in [3.8, 4) is 0 Å². The molecule has 4 nitrogen and oxygen atoms in total. The van der Waals surface area contributed by atoms with Gasteiger partial charge in [-0.1, -0.05) is 31.5 Å². The van der Waals surface area contributed by atoms with Crippen LogP contribution in [0.15, 0.2) is 17.9 Å². The van der Waals surface area contributed by atoms with E-state index < -0.39 is 5.97 Å². The molecule has 2 rings (SSSR count). The number of hydrogen-bond acceptors (Lipinski definition) is 4. The molecule has 4 heteroatoms. The molecule has 0 amide bonds. The Hall–Kier alpha value is -1.94. The van der Waals surface area contributed by atoms with Gasteiger partial charge in [0.2, 0.25) is 0 Å². The molecule has 1 aliphatic carbocycles. The second-order valence-electron chi connectivity index (χ2n) is 6.77. The summed E-state index contributed by atoms with van der Waals surface area (Å²) in [6, 6.07) is 4.22. The van der Waals surface area contributed by atoms with Crippen molar-refractivity contribution in [1.82, 2.24) is 0 Å². The summed E-state index contributed by atoms with van der Waals surface area (Å²) in [5, 5.41) is 9.22. The molecule has 0 radical (unpaired) electrons. The number of aliphatic hydroxyl groups is 1. The molecular formula is C21H28O4. The fourth-order valence-electron chi connectivity index (χ4n) is 3.71. The lowest BCUT2D eigenvalue weighted by Gasteiger charge is -2.27. The number of ether oxygens (including phenoxy) is 1. The van der Waals surface area contributed by atoms with Crippen molar-refractivity contribution in [3.05, 3.63) is 40.1 Å². The summed E-state index contributed by atoms with van der Waals surface area (Å²) in [7, 11) is 0. The van der Waals surface area contributed by atoms with Crippen molar-refractivity contribution in [2.75, 3.05) is 6.61 Å². The maximum absolute atomic E-state index is 13.0. The smallest absolute Gasteiger partial charge is 0.307 e. The van der Waals surface area contributed by atoms with E-state index in [0.717, 1.165) is 29.5 Å². The van der Waals surface area contributed by atoms with Crippen molar-refractivity contribution < 1.29 is 19.4 Å². The predicted molar refractivity (Wildman–Crippen MR) is 98.1 cm³/mol. The third-order valence-electron chi connectivity index (χ3n) is 4.77. The summed E-state index contributed by atoms with van der Waals surface area (Å²) in [5.41, 5.74) is 4.92. The van der Waals surface area contributed by atoms with Gasteiger partial charge >= 0.3 is 5.97 Å². The SMILES string of the molecule is CCc1cc(C)cc(CC)c1C1=C(OC(C)=O)CC(CCO)CC1=O. The average molecular weight is 344 g/mol. The summed E-state index contributed by atoms with van der Waals surface area (Å²) >= 11 is 0. The number of allylic oxidation sites excluding steroid dienone is 2. The highest BCUT2D eigenvalue weighted by Gasteiger charge is 2.32. The number of aryl methyl sites for hydroxylation is 3. The predicted octanol–water partition coefficient (Wildman–Crippen LogP) is 3.76. The summed E-state index contributed by atoms with van der Waals surface area (Å²) in [6.07, 6.45) is 3.07. The van der Waals surface area contributed by atoms with Gasteiger partial charge in [-0.05, 0) is 48.8 Å². The Labute approximate surface area is 149 Å². The van der Waals surface area contributed by atoms with Gasteiger partial charge in [0.1, 0.15) is 5.76 Å². The average Bonchev–Trinajstić information content (AvgIpc) is 2.54. The minimum absolute atomic E-state index is 0.00852. The van der Waals surface area contributed by atoms with Gasteiger partial charge in [0.15, 0.2) is 5.78 Å². The molecule has 0 aromatic heterocycles. The highest BCUT2D eigenvalue weighted by molar-refractivity contribution is 6.23. The zero-order chi connectivity index (χ0) is 18.6. The minimum Gasteiger partial charge on any atom is -0.430 e. The molecule has 0 heterocycles. The Balaban J connectivity index is 2.66. The molecular weight excluding hydrogens is 316 g/mol. The van der Waals surface area contributed by atoms with Crippen molar-refractivity contribution in [3.63, 3.8) is 0 Å². The third kappa shape index (κ3) is 4.37. The molecule has 1 unspecified atom stereocenters. The second-order valence-corrected chi connectivity index (χ2v) is 6.77. The molecule has 0 aliphatic heterocycles. The number of rotatable bonds is 6. The van der Waals surface area contributed by atoms with Crippen LogP contribution >= 0.6 is 0 Å². The molecule has 1 aliphatic rings. The highest BCUT2D eigenvalue weighted by Crippen LogP contribution is 2.38. The molecule has 0 spiro atoms.